The zero-order valence-electron chi connectivity index (χ0n) is 12.5. The first-order chi connectivity index (χ1) is 10.4. The van der Waals surface area contributed by atoms with E-state index in [1.165, 1.54) is 25.2 Å². The summed E-state index contributed by atoms with van der Waals surface area (Å²) in [4.78, 5) is -0.0640. The molecule has 2 aromatic rings. The van der Waals surface area contributed by atoms with Gasteiger partial charge in [0.05, 0.1) is 4.90 Å². The Balaban J connectivity index is 2.00. The van der Waals surface area contributed by atoms with Crippen LogP contribution >= 0.6 is 0 Å². The largest absolute Gasteiger partial charge is 0.492 e. The molecule has 4 nitrogen and oxygen atoms in total. The number of halogens is 1. The third-order valence-corrected chi connectivity index (χ3v) is 5.11. The van der Waals surface area contributed by atoms with Crippen molar-refractivity contribution in [3.8, 4) is 5.75 Å². The van der Waals surface area contributed by atoms with E-state index in [9.17, 15) is 12.8 Å². The Bertz CT molecular complexity index is 747. The van der Waals surface area contributed by atoms with Crippen LogP contribution in [0.4, 0.5) is 4.39 Å². The van der Waals surface area contributed by atoms with Crippen molar-refractivity contribution in [1.82, 2.24) is 4.31 Å². The molecule has 0 saturated heterocycles. The predicted octanol–water partition coefficient (Wildman–Crippen LogP) is 2.83. The molecule has 0 aliphatic rings. The highest BCUT2D eigenvalue weighted by Crippen LogP contribution is 2.17. The summed E-state index contributed by atoms with van der Waals surface area (Å²) in [5, 5.41) is 0. The number of ether oxygens (including phenoxy) is 1. The fourth-order valence-corrected chi connectivity index (χ4v) is 3.12. The van der Waals surface area contributed by atoms with Crippen molar-refractivity contribution >= 4 is 10.0 Å². The second-order valence-corrected chi connectivity index (χ2v) is 6.94. The maximum atomic E-state index is 13.2. The monoisotopic (exact) mass is 323 g/mol. The fraction of sp³-hybridized carbons (Fsp3) is 0.250. The lowest BCUT2D eigenvalue weighted by atomic mass is 10.2. The molecule has 0 N–H and O–H groups in total. The van der Waals surface area contributed by atoms with Gasteiger partial charge in [0.25, 0.3) is 0 Å². The van der Waals surface area contributed by atoms with E-state index in [-0.39, 0.29) is 18.0 Å². The van der Waals surface area contributed by atoms with Crippen molar-refractivity contribution in [2.75, 3.05) is 20.2 Å². The van der Waals surface area contributed by atoms with Gasteiger partial charge in [-0.3, -0.25) is 0 Å². The summed E-state index contributed by atoms with van der Waals surface area (Å²) in [5.41, 5.74) is 0.984. The van der Waals surface area contributed by atoms with E-state index in [0.29, 0.717) is 0 Å². The molecule has 0 amide bonds. The zero-order chi connectivity index (χ0) is 16.2. The Morgan fingerprint density at radius 1 is 1.14 bits per heavy atom. The first kappa shape index (κ1) is 16.5. The van der Waals surface area contributed by atoms with Gasteiger partial charge in [-0.15, -0.1) is 0 Å². The molecule has 0 aliphatic heterocycles. The van der Waals surface area contributed by atoms with Gasteiger partial charge in [-0.25, -0.2) is 12.8 Å². The van der Waals surface area contributed by atoms with Crippen molar-refractivity contribution in [1.29, 1.82) is 0 Å². The number of benzene rings is 2. The second-order valence-electron chi connectivity index (χ2n) is 4.90. The second kappa shape index (κ2) is 6.89. The van der Waals surface area contributed by atoms with Crippen molar-refractivity contribution in [3.63, 3.8) is 0 Å². The van der Waals surface area contributed by atoms with Crippen LogP contribution in [0, 0.1) is 12.7 Å². The quantitative estimate of drug-likeness (QED) is 0.821. The van der Waals surface area contributed by atoms with E-state index in [2.05, 4.69) is 0 Å². The van der Waals surface area contributed by atoms with E-state index >= 15 is 0 Å². The summed E-state index contributed by atoms with van der Waals surface area (Å²) in [7, 11) is -2.27. The summed E-state index contributed by atoms with van der Waals surface area (Å²) in [6, 6.07) is 12.5. The van der Waals surface area contributed by atoms with E-state index in [4.69, 9.17) is 4.74 Å². The molecule has 0 saturated carbocycles. The van der Waals surface area contributed by atoms with Crippen molar-refractivity contribution in [3.05, 3.63) is 59.9 Å². The van der Waals surface area contributed by atoms with E-state index in [1.807, 2.05) is 31.2 Å². The molecule has 2 aromatic carbocycles. The average Bonchev–Trinajstić information content (AvgIpc) is 2.49. The first-order valence-corrected chi connectivity index (χ1v) is 8.25. The highest BCUT2D eigenvalue weighted by Gasteiger charge is 2.21. The molecule has 22 heavy (non-hydrogen) atoms. The molecule has 0 radical (unpaired) electrons. The standard InChI is InChI=1S/C16H18FNO3S/c1-13-6-3-4-9-16(13)21-11-10-18(2)22(19,20)15-8-5-7-14(17)12-15/h3-9,12H,10-11H2,1-2H3. The molecule has 0 heterocycles. The molecule has 0 aliphatic carbocycles. The molecule has 0 unspecified atom stereocenters. The van der Waals surface area contributed by atoms with Crippen molar-refractivity contribution in [2.45, 2.75) is 11.8 Å². The molecule has 0 fully saturated rings. The van der Waals surface area contributed by atoms with E-state index < -0.39 is 15.8 Å². The normalized spacial score (nSPS) is 11.6. The van der Waals surface area contributed by atoms with Crippen LogP contribution in [0.5, 0.6) is 5.75 Å². The van der Waals surface area contributed by atoms with Crippen LogP contribution in [-0.2, 0) is 10.0 Å². The molecular formula is C16H18FNO3S. The lowest BCUT2D eigenvalue weighted by molar-refractivity contribution is 0.285. The smallest absolute Gasteiger partial charge is 0.243 e. The molecule has 6 heteroatoms. The third-order valence-electron chi connectivity index (χ3n) is 3.26. The number of nitrogens with zero attached hydrogens (tertiary/aromatic N) is 1. The minimum Gasteiger partial charge on any atom is -0.492 e. The van der Waals surface area contributed by atoms with Gasteiger partial charge in [-0.2, -0.15) is 4.31 Å². The molecule has 2 rings (SSSR count). The summed E-state index contributed by atoms with van der Waals surface area (Å²) in [5.74, 6) is 0.143. The molecule has 0 bridgehead atoms. The van der Waals surface area contributed by atoms with Gasteiger partial charge in [0.1, 0.15) is 18.2 Å². The van der Waals surface area contributed by atoms with Crippen LogP contribution in [0.1, 0.15) is 5.56 Å². The van der Waals surface area contributed by atoms with Crippen LogP contribution < -0.4 is 4.74 Å². The fourth-order valence-electron chi connectivity index (χ4n) is 1.93. The number of sulfonamides is 1. The predicted molar refractivity (Wildman–Crippen MR) is 82.9 cm³/mol. The zero-order valence-corrected chi connectivity index (χ0v) is 13.3. The highest BCUT2D eigenvalue weighted by atomic mass is 32.2. The van der Waals surface area contributed by atoms with Gasteiger partial charge in [-0.05, 0) is 36.8 Å². The van der Waals surface area contributed by atoms with Crippen molar-refractivity contribution in [2.24, 2.45) is 0 Å². The Hall–Kier alpha value is -1.92. The average molecular weight is 323 g/mol. The van der Waals surface area contributed by atoms with Gasteiger partial charge in [0, 0.05) is 13.6 Å². The minimum absolute atomic E-state index is 0.0640. The Morgan fingerprint density at radius 2 is 1.86 bits per heavy atom. The van der Waals surface area contributed by atoms with Gasteiger partial charge in [-0.1, -0.05) is 24.3 Å². The lowest BCUT2D eigenvalue weighted by Gasteiger charge is -2.18. The van der Waals surface area contributed by atoms with Gasteiger partial charge in [0.15, 0.2) is 0 Å². The van der Waals surface area contributed by atoms with Gasteiger partial charge in [0.2, 0.25) is 10.0 Å². The topological polar surface area (TPSA) is 46.6 Å². The van der Waals surface area contributed by atoms with Gasteiger partial charge < -0.3 is 4.74 Å². The Morgan fingerprint density at radius 3 is 2.55 bits per heavy atom. The van der Waals surface area contributed by atoms with Crippen LogP contribution in [0.2, 0.25) is 0 Å². The van der Waals surface area contributed by atoms with Crippen LogP contribution in [-0.4, -0.2) is 32.9 Å². The van der Waals surface area contributed by atoms with Crippen LogP contribution in [0.3, 0.4) is 0 Å². The maximum absolute atomic E-state index is 13.2. The summed E-state index contributed by atoms with van der Waals surface area (Å²) < 4.78 is 44.5. The molecule has 0 aromatic heterocycles. The number of aryl methyl sites for hydroxylation is 1. The Labute approximate surface area is 130 Å². The molecule has 118 valence electrons. The lowest BCUT2D eigenvalue weighted by Crippen LogP contribution is -2.31. The van der Waals surface area contributed by atoms with E-state index in [1.54, 1.807) is 0 Å². The number of para-hydroxylation sites is 1. The minimum atomic E-state index is -3.71. The van der Waals surface area contributed by atoms with Crippen LogP contribution in [0.25, 0.3) is 0 Å². The van der Waals surface area contributed by atoms with E-state index in [0.717, 1.165) is 21.7 Å². The summed E-state index contributed by atoms with van der Waals surface area (Å²) in [6.07, 6.45) is 0. The SMILES string of the molecule is Cc1ccccc1OCCN(C)S(=O)(=O)c1cccc(F)c1. The van der Waals surface area contributed by atoms with Crippen LogP contribution in [0.15, 0.2) is 53.4 Å². The summed E-state index contributed by atoms with van der Waals surface area (Å²) in [6.45, 7) is 2.31. The third kappa shape index (κ3) is 3.84. The number of hydrogen-bond donors (Lipinski definition) is 0. The number of rotatable bonds is 6. The maximum Gasteiger partial charge on any atom is 0.243 e. The molecule has 0 spiro atoms. The summed E-state index contributed by atoms with van der Waals surface area (Å²) >= 11 is 0. The molecule has 0 atom stereocenters. The number of hydrogen-bond acceptors (Lipinski definition) is 3. The highest BCUT2D eigenvalue weighted by molar-refractivity contribution is 7.89. The van der Waals surface area contributed by atoms with Gasteiger partial charge >= 0.3 is 0 Å². The number of likely N-dealkylation sites (N-methyl/N-ethyl adjacent to an activating group) is 1. The van der Waals surface area contributed by atoms with Crippen molar-refractivity contribution < 1.29 is 17.5 Å². The first-order valence-electron chi connectivity index (χ1n) is 6.81. The molecular weight excluding hydrogens is 305 g/mol. The Kier molecular flexibility index (Phi) is 5.15.